The molecule has 0 bridgehead atoms. The molecule has 1 aromatic carbocycles. The van der Waals surface area contributed by atoms with Crippen molar-refractivity contribution in [2.45, 2.75) is 0 Å². The van der Waals surface area contributed by atoms with Gasteiger partial charge in [0.15, 0.2) is 11.6 Å². The van der Waals surface area contributed by atoms with Crippen LogP contribution in [0, 0.1) is 21.7 Å². The first-order valence-electron chi connectivity index (χ1n) is 4.40. The molecule has 86 valence electrons. The number of hydrogen-bond acceptors (Lipinski definition) is 3. The lowest BCUT2D eigenvalue weighted by molar-refractivity contribution is -0.400. The maximum Gasteiger partial charge on any atom is 0.235 e. The predicted octanol–water partition coefficient (Wildman–Crippen LogP) is 2.28. The smallest absolute Gasteiger partial charge is 0.235 e. The van der Waals surface area contributed by atoms with Gasteiger partial charge in [0.2, 0.25) is 6.20 Å². The van der Waals surface area contributed by atoms with Gasteiger partial charge in [0, 0.05) is 25.7 Å². The fourth-order valence-electron chi connectivity index (χ4n) is 1.29. The summed E-state index contributed by atoms with van der Waals surface area (Å²) in [6.45, 7) is 0. The fourth-order valence-corrected chi connectivity index (χ4v) is 1.29. The van der Waals surface area contributed by atoms with E-state index in [0.717, 1.165) is 12.1 Å². The maximum absolute atomic E-state index is 13.4. The average molecular weight is 228 g/mol. The third kappa shape index (κ3) is 2.53. The van der Waals surface area contributed by atoms with Crippen molar-refractivity contribution in [2.24, 2.45) is 0 Å². The first-order valence-corrected chi connectivity index (χ1v) is 4.40. The van der Waals surface area contributed by atoms with Gasteiger partial charge in [-0.15, -0.1) is 0 Å². The van der Waals surface area contributed by atoms with Gasteiger partial charge in [0.1, 0.15) is 0 Å². The summed E-state index contributed by atoms with van der Waals surface area (Å²) >= 11 is 0. The minimum atomic E-state index is -1.02. The normalized spacial score (nSPS) is 10.8. The van der Waals surface area contributed by atoms with E-state index >= 15 is 0 Å². The van der Waals surface area contributed by atoms with Gasteiger partial charge in [0.25, 0.3) is 0 Å². The van der Waals surface area contributed by atoms with Gasteiger partial charge < -0.3 is 4.90 Å². The molecule has 6 heteroatoms. The molecule has 0 spiro atoms. The molecule has 0 aliphatic carbocycles. The molecule has 0 saturated carbocycles. The van der Waals surface area contributed by atoms with Crippen LogP contribution in [0.1, 0.15) is 5.56 Å². The monoisotopic (exact) mass is 228 g/mol. The van der Waals surface area contributed by atoms with Gasteiger partial charge in [-0.1, -0.05) is 0 Å². The van der Waals surface area contributed by atoms with Crippen LogP contribution < -0.4 is 4.90 Å². The van der Waals surface area contributed by atoms with Crippen molar-refractivity contribution in [1.82, 2.24) is 0 Å². The van der Waals surface area contributed by atoms with Crippen molar-refractivity contribution in [3.63, 3.8) is 0 Å². The molecule has 0 heterocycles. The molecule has 0 N–H and O–H groups in total. The number of anilines is 1. The molecular formula is C10H10F2N2O2. The first kappa shape index (κ1) is 12.1. The van der Waals surface area contributed by atoms with Crippen molar-refractivity contribution in [3.8, 4) is 0 Å². The third-order valence-corrected chi connectivity index (χ3v) is 1.92. The lowest BCUT2D eigenvalue weighted by Crippen LogP contribution is -2.13. The number of rotatable bonds is 3. The lowest BCUT2D eigenvalue weighted by Gasteiger charge is -2.16. The van der Waals surface area contributed by atoms with Gasteiger partial charge in [-0.05, 0) is 12.1 Å². The minimum Gasteiger partial charge on any atom is -0.375 e. The third-order valence-electron chi connectivity index (χ3n) is 1.92. The molecule has 0 fully saturated rings. The Balaban J connectivity index is 3.29. The Bertz CT molecular complexity index is 445. The molecule has 16 heavy (non-hydrogen) atoms. The molecule has 0 amide bonds. The summed E-state index contributed by atoms with van der Waals surface area (Å²) in [7, 11) is 3.06. The zero-order valence-electron chi connectivity index (χ0n) is 8.78. The standard InChI is InChI=1S/C10H10F2N2O2/c1-13(2)10-7(5-6-14(15)16)3-4-8(11)9(10)12/h3-6H,1-2H3/b6-5+. The lowest BCUT2D eigenvalue weighted by atomic mass is 10.1. The van der Waals surface area contributed by atoms with E-state index in [-0.39, 0.29) is 11.3 Å². The van der Waals surface area contributed by atoms with Gasteiger partial charge in [-0.3, -0.25) is 10.1 Å². The number of nitro groups is 1. The minimum absolute atomic E-state index is 0.0156. The van der Waals surface area contributed by atoms with Crippen LogP contribution in [0.3, 0.4) is 0 Å². The Morgan fingerprint density at radius 2 is 2.00 bits per heavy atom. The molecule has 0 unspecified atom stereocenters. The Morgan fingerprint density at radius 3 is 2.50 bits per heavy atom. The molecule has 0 radical (unpaired) electrons. The van der Waals surface area contributed by atoms with E-state index in [0.29, 0.717) is 6.20 Å². The van der Waals surface area contributed by atoms with E-state index in [9.17, 15) is 18.9 Å². The molecule has 1 aromatic rings. The maximum atomic E-state index is 13.4. The highest BCUT2D eigenvalue weighted by molar-refractivity contribution is 5.67. The average Bonchev–Trinajstić information content (AvgIpc) is 2.19. The van der Waals surface area contributed by atoms with Crippen LogP contribution in [0.2, 0.25) is 0 Å². The summed E-state index contributed by atoms with van der Waals surface area (Å²) in [5.74, 6) is -2.00. The van der Waals surface area contributed by atoms with E-state index in [1.165, 1.54) is 25.1 Å². The molecule has 0 aromatic heterocycles. The number of halogens is 2. The van der Waals surface area contributed by atoms with E-state index in [1.54, 1.807) is 0 Å². The quantitative estimate of drug-likeness (QED) is 0.589. The Hall–Kier alpha value is -1.98. The second-order valence-electron chi connectivity index (χ2n) is 3.29. The van der Waals surface area contributed by atoms with Crippen molar-refractivity contribution in [3.05, 3.63) is 45.6 Å². The Labute approximate surface area is 90.9 Å². The van der Waals surface area contributed by atoms with Crippen LogP contribution in [0.25, 0.3) is 6.08 Å². The van der Waals surface area contributed by atoms with Crippen LogP contribution in [0.4, 0.5) is 14.5 Å². The summed E-state index contributed by atoms with van der Waals surface area (Å²) in [6, 6.07) is 2.22. The number of nitrogens with zero attached hydrogens (tertiary/aromatic N) is 2. The molecule has 0 atom stereocenters. The SMILES string of the molecule is CN(C)c1c(/C=C/[N+](=O)[O-])ccc(F)c1F. The molecule has 1 rings (SSSR count). The van der Waals surface area contributed by atoms with Crippen molar-refractivity contribution < 1.29 is 13.7 Å². The highest BCUT2D eigenvalue weighted by Crippen LogP contribution is 2.26. The zero-order valence-corrected chi connectivity index (χ0v) is 8.78. The van der Waals surface area contributed by atoms with Crippen molar-refractivity contribution >= 4 is 11.8 Å². The largest absolute Gasteiger partial charge is 0.375 e. The highest BCUT2D eigenvalue weighted by Gasteiger charge is 2.14. The van der Waals surface area contributed by atoms with Crippen molar-refractivity contribution in [2.75, 3.05) is 19.0 Å². The molecule has 4 nitrogen and oxygen atoms in total. The molecule has 0 saturated heterocycles. The zero-order chi connectivity index (χ0) is 12.3. The molecule has 0 aliphatic heterocycles. The summed E-state index contributed by atoms with van der Waals surface area (Å²) in [6.07, 6.45) is 1.80. The first-order chi connectivity index (χ1) is 7.43. The number of benzene rings is 1. The summed E-state index contributed by atoms with van der Waals surface area (Å²) < 4.78 is 26.4. The topological polar surface area (TPSA) is 46.4 Å². The van der Waals surface area contributed by atoms with Crippen LogP contribution in [-0.4, -0.2) is 19.0 Å². The van der Waals surface area contributed by atoms with Crippen LogP contribution in [0.5, 0.6) is 0 Å². The summed E-state index contributed by atoms with van der Waals surface area (Å²) in [4.78, 5) is 10.8. The Morgan fingerprint density at radius 1 is 1.38 bits per heavy atom. The van der Waals surface area contributed by atoms with Crippen molar-refractivity contribution in [1.29, 1.82) is 0 Å². The van der Waals surface area contributed by atoms with E-state index in [2.05, 4.69) is 0 Å². The molecular weight excluding hydrogens is 218 g/mol. The second-order valence-corrected chi connectivity index (χ2v) is 3.29. The highest BCUT2D eigenvalue weighted by atomic mass is 19.2. The van der Waals surface area contributed by atoms with Crippen LogP contribution >= 0.6 is 0 Å². The Kier molecular flexibility index (Phi) is 3.55. The van der Waals surface area contributed by atoms with Gasteiger partial charge >= 0.3 is 0 Å². The van der Waals surface area contributed by atoms with E-state index in [4.69, 9.17) is 0 Å². The predicted molar refractivity (Wildman–Crippen MR) is 56.7 cm³/mol. The summed E-state index contributed by atoms with van der Waals surface area (Å²) in [5, 5.41) is 10.1. The van der Waals surface area contributed by atoms with Gasteiger partial charge in [-0.25, -0.2) is 8.78 Å². The summed E-state index contributed by atoms with van der Waals surface area (Å²) in [5.41, 5.74) is 0.235. The fraction of sp³-hybridized carbons (Fsp3) is 0.200. The van der Waals surface area contributed by atoms with Crippen LogP contribution in [-0.2, 0) is 0 Å². The van der Waals surface area contributed by atoms with E-state index < -0.39 is 16.6 Å². The van der Waals surface area contributed by atoms with Crippen LogP contribution in [0.15, 0.2) is 18.3 Å². The second kappa shape index (κ2) is 4.69. The molecule has 0 aliphatic rings. The van der Waals surface area contributed by atoms with Gasteiger partial charge in [-0.2, -0.15) is 0 Å². The van der Waals surface area contributed by atoms with Gasteiger partial charge in [0.05, 0.1) is 10.6 Å². The van der Waals surface area contributed by atoms with E-state index in [1.807, 2.05) is 0 Å². The number of hydrogen-bond donors (Lipinski definition) is 0.